The molecule has 41 heavy (non-hydrogen) atoms. The first kappa shape index (κ1) is 37.1. The number of unbranched alkanes of at least 4 members (excludes halogenated alkanes) is 11. The van der Waals surface area contributed by atoms with Gasteiger partial charge in [-0.3, -0.25) is 19.8 Å². The van der Waals surface area contributed by atoms with Gasteiger partial charge in [-0.25, -0.2) is 5.43 Å². The molecule has 1 heterocycles. The van der Waals surface area contributed by atoms with Crippen molar-refractivity contribution in [3.05, 3.63) is 12.2 Å². The molecule has 2 atom stereocenters. The second-order valence-corrected chi connectivity index (χ2v) is 12.1. The lowest BCUT2D eigenvalue weighted by Gasteiger charge is -2.27. The molecule has 1 rings (SSSR count). The molecule has 0 bridgehead atoms. The lowest BCUT2D eigenvalue weighted by molar-refractivity contribution is -0.147. The van der Waals surface area contributed by atoms with Crippen LogP contribution in [0.5, 0.6) is 0 Å². The zero-order valence-corrected chi connectivity index (χ0v) is 26.1. The highest BCUT2D eigenvalue weighted by molar-refractivity contribution is 5.81. The summed E-state index contributed by atoms with van der Waals surface area (Å²) in [7, 11) is 0. The topological polar surface area (TPSA) is 128 Å². The maximum absolute atomic E-state index is 12.7. The van der Waals surface area contributed by atoms with Crippen molar-refractivity contribution in [1.82, 2.24) is 15.8 Å². The quantitative estimate of drug-likeness (QED) is 0.0550. The van der Waals surface area contributed by atoms with Gasteiger partial charge in [0.05, 0.1) is 19.1 Å². The van der Waals surface area contributed by atoms with E-state index in [9.17, 15) is 24.6 Å². The SMILES string of the molecule is CCCCCCCCC=CCCCCCCCC(=O)N1CCC[C@H]1COC(=O)CCNNC(=O)C(O)C(C)(C)CO. The maximum Gasteiger partial charge on any atom is 0.307 e. The van der Waals surface area contributed by atoms with Gasteiger partial charge in [0.1, 0.15) is 12.7 Å². The number of carbonyl (C=O) groups is 3. The van der Waals surface area contributed by atoms with Crippen molar-refractivity contribution in [2.45, 2.75) is 142 Å². The van der Waals surface area contributed by atoms with Crippen molar-refractivity contribution in [3.8, 4) is 0 Å². The highest BCUT2D eigenvalue weighted by Crippen LogP contribution is 2.21. The van der Waals surface area contributed by atoms with Gasteiger partial charge in [0.25, 0.3) is 5.91 Å². The lowest BCUT2D eigenvalue weighted by Crippen LogP contribution is -2.50. The fraction of sp³-hybridized carbons (Fsp3) is 0.844. The molecule has 1 aliphatic rings. The Morgan fingerprint density at radius 1 is 0.951 bits per heavy atom. The Bertz CT molecular complexity index is 758. The predicted octanol–water partition coefficient (Wildman–Crippen LogP) is 4.95. The van der Waals surface area contributed by atoms with Gasteiger partial charge in [-0.05, 0) is 44.9 Å². The molecular formula is C32H59N3O6. The summed E-state index contributed by atoms with van der Waals surface area (Å²) >= 11 is 0. The van der Waals surface area contributed by atoms with E-state index in [0.29, 0.717) is 13.0 Å². The summed E-state index contributed by atoms with van der Waals surface area (Å²) < 4.78 is 5.39. The first-order valence-corrected chi connectivity index (χ1v) is 16.1. The molecule has 1 saturated heterocycles. The van der Waals surface area contributed by atoms with E-state index in [2.05, 4.69) is 29.9 Å². The number of esters is 1. The fourth-order valence-electron chi connectivity index (χ4n) is 4.91. The Morgan fingerprint density at radius 3 is 2.20 bits per heavy atom. The molecule has 9 nitrogen and oxygen atoms in total. The number of hydrogen-bond donors (Lipinski definition) is 4. The summed E-state index contributed by atoms with van der Waals surface area (Å²) in [5.41, 5.74) is 3.96. The number of amides is 2. The Hall–Kier alpha value is -1.97. The number of nitrogens with zero attached hydrogens (tertiary/aromatic N) is 1. The number of allylic oxidation sites excluding steroid dienone is 2. The molecule has 9 heteroatoms. The molecule has 238 valence electrons. The molecule has 0 aliphatic carbocycles. The zero-order valence-electron chi connectivity index (χ0n) is 26.1. The minimum absolute atomic E-state index is 0.0371. The molecule has 1 aliphatic heterocycles. The highest BCUT2D eigenvalue weighted by atomic mass is 16.5. The van der Waals surface area contributed by atoms with E-state index in [1.807, 2.05) is 4.90 Å². The molecule has 1 unspecified atom stereocenters. The van der Waals surface area contributed by atoms with Crippen LogP contribution in [0.3, 0.4) is 0 Å². The van der Waals surface area contributed by atoms with Gasteiger partial charge in [-0.15, -0.1) is 0 Å². The number of ether oxygens (including phenoxy) is 1. The van der Waals surface area contributed by atoms with E-state index >= 15 is 0 Å². The van der Waals surface area contributed by atoms with Crippen LogP contribution in [0, 0.1) is 5.41 Å². The maximum atomic E-state index is 12.7. The van der Waals surface area contributed by atoms with Gasteiger partial charge in [-0.2, -0.15) is 0 Å². The van der Waals surface area contributed by atoms with Crippen molar-refractivity contribution >= 4 is 17.8 Å². The van der Waals surface area contributed by atoms with E-state index in [-0.39, 0.29) is 38.1 Å². The van der Waals surface area contributed by atoms with Crippen molar-refractivity contribution < 1.29 is 29.3 Å². The van der Waals surface area contributed by atoms with Crippen LogP contribution in [0.2, 0.25) is 0 Å². The van der Waals surface area contributed by atoms with E-state index in [1.165, 1.54) is 57.8 Å². The van der Waals surface area contributed by atoms with Crippen molar-refractivity contribution in [2.24, 2.45) is 5.41 Å². The van der Waals surface area contributed by atoms with Crippen LogP contribution in [0.25, 0.3) is 0 Å². The highest BCUT2D eigenvalue weighted by Gasteiger charge is 2.33. The number of likely N-dealkylation sites (tertiary alicyclic amines) is 1. The molecule has 4 N–H and O–H groups in total. The molecule has 0 aromatic heterocycles. The number of hydrogen-bond acceptors (Lipinski definition) is 7. The Kier molecular flexibility index (Phi) is 20.4. The van der Waals surface area contributed by atoms with E-state index < -0.39 is 23.4 Å². The minimum Gasteiger partial charge on any atom is -0.463 e. The summed E-state index contributed by atoms with van der Waals surface area (Å²) in [4.78, 5) is 38.7. The Balaban J connectivity index is 2.08. The normalized spacial score (nSPS) is 16.3. The minimum atomic E-state index is -1.38. The average molecular weight is 582 g/mol. The van der Waals surface area contributed by atoms with E-state index in [1.54, 1.807) is 13.8 Å². The van der Waals surface area contributed by atoms with E-state index in [4.69, 9.17) is 4.74 Å². The number of aliphatic hydroxyl groups excluding tert-OH is 2. The van der Waals surface area contributed by atoms with Gasteiger partial charge in [0.2, 0.25) is 5.91 Å². The van der Waals surface area contributed by atoms with Crippen LogP contribution in [0.4, 0.5) is 0 Å². The summed E-state index contributed by atoms with van der Waals surface area (Å²) in [5.74, 6) is -0.946. The first-order valence-electron chi connectivity index (χ1n) is 16.1. The molecule has 0 spiro atoms. The number of aliphatic hydroxyl groups is 2. The molecule has 0 radical (unpaired) electrons. The average Bonchev–Trinajstić information content (AvgIpc) is 3.44. The number of hydrazine groups is 1. The molecule has 0 aromatic carbocycles. The molecule has 1 fully saturated rings. The molecular weight excluding hydrogens is 522 g/mol. The third-order valence-electron chi connectivity index (χ3n) is 7.85. The number of rotatable bonds is 24. The summed E-state index contributed by atoms with van der Waals surface area (Å²) in [5, 5.41) is 19.2. The molecule has 0 saturated carbocycles. The van der Waals surface area contributed by atoms with E-state index in [0.717, 1.165) is 38.5 Å². The largest absolute Gasteiger partial charge is 0.463 e. The smallest absolute Gasteiger partial charge is 0.307 e. The predicted molar refractivity (Wildman–Crippen MR) is 163 cm³/mol. The van der Waals surface area contributed by atoms with Gasteiger partial charge in [-0.1, -0.05) is 84.3 Å². The second-order valence-electron chi connectivity index (χ2n) is 12.1. The summed E-state index contributed by atoms with van der Waals surface area (Å²) in [6, 6.07) is -0.0712. The number of nitrogens with one attached hydrogen (secondary N) is 2. The van der Waals surface area contributed by atoms with Crippen molar-refractivity contribution in [3.63, 3.8) is 0 Å². The van der Waals surface area contributed by atoms with Gasteiger partial charge < -0.3 is 19.8 Å². The summed E-state index contributed by atoms with van der Waals surface area (Å²) in [6.07, 6.45) is 21.6. The van der Waals surface area contributed by atoms with Gasteiger partial charge in [0.15, 0.2) is 0 Å². The first-order chi connectivity index (χ1) is 19.7. The molecule has 2 amide bonds. The third-order valence-corrected chi connectivity index (χ3v) is 7.85. The Labute approximate surface area is 248 Å². The summed E-state index contributed by atoms with van der Waals surface area (Å²) in [6.45, 7) is 6.10. The van der Waals surface area contributed by atoms with Crippen LogP contribution >= 0.6 is 0 Å². The second kappa shape index (κ2) is 22.6. The Morgan fingerprint density at radius 2 is 1.56 bits per heavy atom. The van der Waals surface area contributed by atoms with Crippen LogP contribution in [0.15, 0.2) is 12.2 Å². The van der Waals surface area contributed by atoms with Gasteiger partial charge >= 0.3 is 5.97 Å². The van der Waals surface area contributed by atoms with Gasteiger partial charge in [0, 0.05) is 24.9 Å². The van der Waals surface area contributed by atoms with Crippen molar-refractivity contribution in [1.29, 1.82) is 0 Å². The van der Waals surface area contributed by atoms with Crippen LogP contribution < -0.4 is 10.9 Å². The van der Waals surface area contributed by atoms with Crippen molar-refractivity contribution in [2.75, 3.05) is 26.3 Å². The monoisotopic (exact) mass is 581 g/mol. The van der Waals surface area contributed by atoms with Crippen LogP contribution in [-0.2, 0) is 19.1 Å². The molecule has 0 aromatic rings. The number of carbonyl (C=O) groups excluding carboxylic acids is 3. The standard InChI is InChI=1S/C32H59N3O6/c1-4-5-6-7-8-9-10-11-12-13-14-15-16-17-18-21-28(37)35-24-19-20-27(35)25-41-29(38)22-23-33-34-31(40)30(39)32(2,3)26-36/h11-12,27,30,33,36,39H,4-10,13-26H2,1-3H3,(H,34,40)/t27-,30?/m0/s1. The third kappa shape index (κ3) is 16.9. The lowest BCUT2D eigenvalue weighted by atomic mass is 9.87. The van der Waals surface area contributed by atoms with Crippen LogP contribution in [-0.4, -0.2) is 71.3 Å². The zero-order chi connectivity index (χ0) is 30.3. The fourth-order valence-corrected chi connectivity index (χ4v) is 4.91. The van der Waals surface area contributed by atoms with Crippen LogP contribution in [0.1, 0.15) is 130 Å².